The van der Waals surface area contributed by atoms with Gasteiger partial charge in [0.1, 0.15) is 29.9 Å². The zero-order chi connectivity index (χ0) is 44.5. The summed E-state index contributed by atoms with van der Waals surface area (Å²) in [5.41, 5.74) is 11.6. The number of aromatic hydroxyl groups is 1. The highest BCUT2D eigenvalue weighted by Crippen LogP contribution is 2.20. The van der Waals surface area contributed by atoms with Gasteiger partial charge in [-0.3, -0.25) is 43.3 Å². The van der Waals surface area contributed by atoms with Crippen LogP contribution >= 0.6 is 0 Å². The normalized spacial score (nSPS) is 24.1. The Labute approximate surface area is 350 Å². The maximum atomic E-state index is 14.2. The third-order valence-corrected chi connectivity index (χ3v) is 10.7. The first-order valence-electron chi connectivity index (χ1n) is 20.6. The molecule has 19 nitrogen and oxygen atoms in total. The molecule has 1 fully saturated rings. The van der Waals surface area contributed by atoms with Gasteiger partial charge >= 0.3 is 0 Å². The van der Waals surface area contributed by atoms with E-state index in [0.29, 0.717) is 18.4 Å². The summed E-state index contributed by atoms with van der Waals surface area (Å²) in [4.78, 5) is 114. The summed E-state index contributed by atoms with van der Waals surface area (Å²) >= 11 is 0. The first-order chi connectivity index (χ1) is 28.4. The third-order valence-electron chi connectivity index (χ3n) is 10.7. The molecule has 0 spiro atoms. The van der Waals surface area contributed by atoms with Crippen molar-refractivity contribution >= 4 is 53.1 Å². The lowest BCUT2D eigenvalue weighted by Crippen LogP contribution is -2.60. The Morgan fingerprint density at radius 3 is 2.32 bits per heavy atom. The Morgan fingerprint density at radius 1 is 0.967 bits per heavy atom. The van der Waals surface area contributed by atoms with Gasteiger partial charge in [-0.15, -0.1) is 0 Å². The van der Waals surface area contributed by atoms with Gasteiger partial charge in [-0.25, -0.2) is 0 Å². The largest absolute Gasteiger partial charge is 0.508 e. The number of ketones is 1. The number of phenolic OH excluding ortho intramolecular Hbond substituents is 1. The molecule has 60 heavy (non-hydrogen) atoms. The molecule has 2 aliphatic heterocycles. The lowest BCUT2D eigenvalue weighted by molar-refractivity contribution is -0.144. The standard InChI is InChI=1S/C41H62N10O9/c1-6-23(3)20-33(54)46-25(5)36(56)49-30-22-45-32(53)17-14-27(21-26-12-15-28(52)16-13-26)47-38(58)34(24(4)7-2)50-39(59)35(55)29(10-8-18-44-41(42)43)48-37(57)31-11-9-19-51(31)40(30)60/h12-17,23-25,27,29-31,34,52H,6-11,18-22H2,1-5H3,(H,45,53)(H,46,54)(H,47,58)(H,48,57)(H,49,56)(H,50,59)(H4,42,43,44)/b17-14+/t23-,24-,25+,27+,29-,30-,31-,34-/m1/s1. The Hall–Kier alpha value is -6.01. The van der Waals surface area contributed by atoms with Gasteiger partial charge in [-0.05, 0) is 68.6 Å². The molecule has 0 unspecified atom stereocenters. The number of fused-ring (bicyclic) bond motifs is 1. The maximum Gasteiger partial charge on any atom is 0.290 e. The highest BCUT2D eigenvalue weighted by Gasteiger charge is 2.40. The van der Waals surface area contributed by atoms with E-state index in [-0.39, 0.29) is 68.7 Å². The van der Waals surface area contributed by atoms with E-state index in [2.05, 4.69) is 36.9 Å². The van der Waals surface area contributed by atoms with E-state index in [1.165, 1.54) is 30.0 Å². The monoisotopic (exact) mass is 838 g/mol. The van der Waals surface area contributed by atoms with E-state index < -0.39 is 89.9 Å². The molecule has 11 N–H and O–H groups in total. The van der Waals surface area contributed by atoms with Crippen molar-refractivity contribution in [3.05, 3.63) is 42.0 Å². The Balaban J connectivity index is 2.05. The second kappa shape index (κ2) is 23.5. The number of rotatable bonds is 14. The number of hydrogen-bond donors (Lipinski definition) is 9. The van der Waals surface area contributed by atoms with Crippen molar-refractivity contribution in [2.75, 3.05) is 19.6 Å². The second-order valence-electron chi connectivity index (χ2n) is 15.6. The van der Waals surface area contributed by atoms with Crippen LogP contribution in [0.5, 0.6) is 5.75 Å². The Morgan fingerprint density at radius 2 is 1.67 bits per heavy atom. The number of aliphatic imine (C=N–C) groups is 1. The van der Waals surface area contributed by atoms with Crippen LogP contribution in [0.4, 0.5) is 0 Å². The first kappa shape index (κ1) is 48.4. The lowest BCUT2D eigenvalue weighted by Gasteiger charge is -2.30. The first-order valence-corrected chi connectivity index (χ1v) is 20.6. The zero-order valence-electron chi connectivity index (χ0n) is 35.1. The minimum atomic E-state index is -1.40. The van der Waals surface area contributed by atoms with E-state index in [1.54, 1.807) is 26.0 Å². The van der Waals surface area contributed by atoms with E-state index in [0.717, 1.165) is 12.5 Å². The van der Waals surface area contributed by atoms with Crippen molar-refractivity contribution in [2.45, 2.75) is 122 Å². The zero-order valence-corrected chi connectivity index (χ0v) is 35.1. The Kier molecular flexibility index (Phi) is 19.0. The molecule has 0 aliphatic carbocycles. The lowest BCUT2D eigenvalue weighted by atomic mass is 9.96. The molecule has 1 aromatic carbocycles. The third kappa shape index (κ3) is 15.0. The molecule has 330 valence electrons. The van der Waals surface area contributed by atoms with E-state index in [1.807, 2.05) is 13.8 Å². The number of amides is 7. The van der Waals surface area contributed by atoms with Crippen LogP contribution in [0.3, 0.4) is 0 Å². The van der Waals surface area contributed by atoms with Crippen LogP contribution in [0, 0.1) is 11.8 Å². The molecule has 0 bridgehead atoms. The van der Waals surface area contributed by atoms with Crippen LogP contribution < -0.4 is 43.4 Å². The summed E-state index contributed by atoms with van der Waals surface area (Å²) in [7, 11) is 0. The highest BCUT2D eigenvalue weighted by atomic mass is 16.3. The topological polar surface area (TPSA) is 297 Å². The smallest absolute Gasteiger partial charge is 0.290 e. The SMILES string of the molecule is CC[C@@H](C)CC(=O)N[C@@H](C)C(=O)N[C@@H]1CNC(=O)/C=C/[C@@H](Cc2ccc(O)cc2)NC(=O)[C@@H]([C@H](C)CC)NC(=O)C(=O)[C@@H](CCCN=C(N)N)NC(=O)[C@H]2CCCN2C1=O. The van der Waals surface area contributed by atoms with Gasteiger partial charge in [-0.2, -0.15) is 0 Å². The van der Waals surface area contributed by atoms with Gasteiger partial charge in [0.05, 0.1) is 12.1 Å². The quantitative estimate of drug-likeness (QED) is 0.0482. The average molecular weight is 839 g/mol. The molecule has 1 saturated heterocycles. The number of guanidine groups is 1. The van der Waals surface area contributed by atoms with Gasteiger partial charge in [-0.1, -0.05) is 58.7 Å². The van der Waals surface area contributed by atoms with Crippen molar-refractivity contribution in [2.24, 2.45) is 28.3 Å². The molecular formula is C41H62N10O9. The fourth-order valence-electron chi connectivity index (χ4n) is 6.73. The van der Waals surface area contributed by atoms with Gasteiger partial charge in [0.2, 0.25) is 41.2 Å². The number of nitrogens with two attached hydrogens (primary N) is 2. The van der Waals surface area contributed by atoms with Crippen LogP contribution in [-0.2, 0) is 44.8 Å². The van der Waals surface area contributed by atoms with Gasteiger partial charge in [0, 0.05) is 32.1 Å². The van der Waals surface area contributed by atoms with Gasteiger partial charge in [0.25, 0.3) is 5.91 Å². The van der Waals surface area contributed by atoms with E-state index in [9.17, 15) is 43.5 Å². The molecule has 0 radical (unpaired) electrons. The Bertz CT molecular complexity index is 1760. The maximum absolute atomic E-state index is 14.2. The molecule has 0 aromatic heterocycles. The number of carbonyl (C=O) groups is 8. The predicted octanol–water partition coefficient (Wildman–Crippen LogP) is -0.839. The van der Waals surface area contributed by atoms with Crippen molar-refractivity contribution in [3.8, 4) is 5.75 Å². The number of benzene rings is 1. The molecule has 2 heterocycles. The molecule has 8 atom stereocenters. The molecule has 1 aromatic rings. The summed E-state index contributed by atoms with van der Waals surface area (Å²) in [6, 6.07) is -0.815. The summed E-state index contributed by atoms with van der Waals surface area (Å²) in [6.45, 7) is 8.59. The fourth-order valence-corrected chi connectivity index (χ4v) is 6.73. The molecule has 7 amide bonds. The summed E-state index contributed by atoms with van der Waals surface area (Å²) in [5, 5.41) is 25.7. The number of phenols is 1. The number of carbonyl (C=O) groups excluding carboxylic acids is 8. The van der Waals surface area contributed by atoms with Crippen LogP contribution in [0.25, 0.3) is 0 Å². The summed E-state index contributed by atoms with van der Waals surface area (Å²) in [6.07, 6.45) is 4.78. The van der Waals surface area contributed by atoms with Crippen LogP contribution in [0.15, 0.2) is 41.4 Å². The minimum absolute atomic E-state index is 0.0208. The number of nitrogens with one attached hydrogen (secondary N) is 6. The second-order valence-corrected chi connectivity index (χ2v) is 15.6. The molecule has 3 rings (SSSR count). The molecular weight excluding hydrogens is 777 g/mol. The van der Waals surface area contributed by atoms with Crippen LogP contribution in [0.2, 0.25) is 0 Å². The predicted molar refractivity (Wildman–Crippen MR) is 222 cm³/mol. The van der Waals surface area contributed by atoms with Gasteiger partial charge in [0.15, 0.2) is 5.96 Å². The number of Topliss-reactive ketones (excluding diaryl/α,β-unsaturated/α-hetero) is 1. The highest BCUT2D eigenvalue weighted by molar-refractivity contribution is 6.38. The molecule has 0 saturated carbocycles. The number of nitrogens with zero attached hydrogens (tertiary/aromatic N) is 2. The summed E-state index contributed by atoms with van der Waals surface area (Å²) < 4.78 is 0. The van der Waals surface area contributed by atoms with Crippen molar-refractivity contribution < 1.29 is 43.5 Å². The fraction of sp³-hybridized carbons (Fsp3) is 0.585. The summed E-state index contributed by atoms with van der Waals surface area (Å²) in [5.74, 6) is -6.55. The molecule has 2 aliphatic rings. The van der Waals surface area contributed by atoms with Crippen molar-refractivity contribution in [3.63, 3.8) is 0 Å². The van der Waals surface area contributed by atoms with E-state index >= 15 is 0 Å². The van der Waals surface area contributed by atoms with Gasteiger partial charge < -0.3 is 53.4 Å². The average Bonchev–Trinajstić information content (AvgIpc) is 3.71. The van der Waals surface area contributed by atoms with Crippen LogP contribution in [0.1, 0.15) is 85.1 Å². The van der Waals surface area contributed by atoms with Crippen molar-refractivity contribution in [1.82, 2.24) is 36.8 Å². The molecule has 19 heteroatoms. The number of hydrogen-bond acceptors (Lipinski definition) is 10. The van der Waals surface area contributed by atoms with Crippen LogP contribution in [-0.4, -0.2) is 119 Å². The van der Waals surface area contributed by atoms with Crippen molar-refractivity contribution in [1.29, 1.82) is 0 Å². The van der Waals surface area contributed by atoms with E-state index in [4.69, 9.17) is 11.5 Å². The minimum Gasteiger partial charge on any atom is -0.508 e.